The lowest BCUT2D eigenvalue weighted by atomic mass is 9.95. The highest BCUT2D eigenvalue weighted by Gasteiger charge is 2.19. The topological polar surface area (TPSA) is 20.2 Å². The van der Waals surface area contributed by atoms with Crippen LogP contribution in [0.4, 0.5) is 4.39 Å². The van der Waals surface area contributed by atoms with E-state index in [2.05, 4.69) is 15.9 Å². The lowest BCUT2D eigenvalue weighted by molar-refractivity contribution is 0.214. The van der Waals surface area contributed by atoms with Gasteiger partial charge in [0, 0.05) is 10.0 Å². The Morgan fingerprint density at radius 2 is 1.84 bits per heavy atom. The smallest absolute Gasteiger partial charge is 0.147 e. The second kappa shape index (κ2) is 5.61. The minimum absolute atomic E-state index is 0.0167. The van der Waals surface area contributed by atoms with Gasteiger partial charge in [0.25, 0.3) is 0 Å². The van der Waals surface area contributed by atoms with E-state index in [9.17, 15) is 9.50 Å². The van der Waals surface area contributed by atoms with Crippen LogP contribution in [0.15, 0.2) is 34.8 Å². The fourth-order valence-corrected chi connectivity index (χ4v) is 2.64. The molecule has 0 aliphatic heterocycles. The Kier molecular flexibility index (Phi) is 4.29. The van der Waals surface area contributed by atoms with Crippen molar-refractivity contribution in [2.75, 3.05) is 0 Å². The number of hydrogen-bond acceptors (Lipinski definition) is 1. The quantitative estimate of drug-likeness (QED) is 0.819. The maximum Gasteiger partial charge on any atom is 0.147 e. The minimum atomic E-state index is -1.02. The summed E-state index contributed by atoms with van der Waals surface area (Å²) in [5.41, 5.74) is 2.76. The van der Waals surface area contributed by atoms with Crippen molar-refractivity contribution in [2.45, 2.75) is 20.0 Å². The summed E-state index contributed by atoms with van der Waals surface area (Å²) in [7, 11) is 0. The van der Waals surface area contributed by atoms with Crippen LogP contribution >= 0.6 is 27.5 Å². The van der Waals surface area contributed by atoms with Crippen LogP contribution in [0.1, 0.15) is 28.4 Å². The number of rotatable bonds is 2. The van der Waals surface area contributed by atoms with Gasteiger partial charge >= 0.3 is 0 Å². The van der Waals surface area contributed by atoms with Crippen LogP contribution in [0.3, 0.4) is 0 Å². The van der Waals surface area contributed by atoms with Crippen LogP contribution in [0.25, 0.3) is 0 Å². The molecule has 0 radical (unpaired) electrons. The highest BCUT2D eigenvalue weighted by atomic mass is 79.9. The van der Waals surface area contributed by atoms with Crippen molar-refractivity contribution in [3.05, 3.63) is 67.9 Å². The number of aliphatic hydroxyl groups is 1. The first-order chi connectivity index (χ1) is 8.91. The maximum absolute atomic E-state index is 13.9. The Morgan fingerprint density at radius 3 is 2.53 bits per heavy atom. The molecule has 0 heterocycles. The molecule has 0 saturated carbocycles. The van der Waals surface area contributed by atoms with Gasteiger partial charge in [-0.3, -0.25) is 0 Å². The van der Waals surface area contributed by atoms with Gasteiger partial charge in [0.05, 0.1) is 5.02 Å². The SMILES string of the molecule is Cc1cc(C(O)c2cccc(Cl)c2F)c(C)cc1Br. The second-order valence-electron chi connectivity index (χ2n) is 4.50. The molecule has 1 nitrogen and oxygen atoms in total. The van der Waals surface area contributed by atoms with Crippen LogP contribution in [0.2, 0.25) is 5.02 Å². The molecule has 0 bridgehead atoms. The molecule has 1 unspecified atom stereocenters. The van der Waals surface area contributed by atoms with Crippen molar-refractivity contribution in [1.29, 1.82) is 0 Å². The zero-order valence-corrected chi connectivity index (χ0v) is 12.9. The first-order valence-electron chi connectivity index (χ1n) is 5.80. The molecule has 100 valence electrons. The van der Waals surface area contributed by atoms with Crippen molar-refractivity contribution in [3.8, 4) is 0 Å². The summed E-state index contributed by atoms with van der Waals surface area (Å²) in [5.74, 6) is -0.573. The Morgan fingerprint density at radius 1 is 1.16 bits per heavy atom. The summed E-state index contributed by atoms with van der Waals surface area (Å²) < 4.78 is 14.9. The fourth-order valence-electron chi connectivity index (χ4n) is 2.00. The van der Waals surface area contributed by atoms with Crippen LogP contribution in [0, 0.1) is 19.7 Å². The van der Waals surface area contributed by atoms with Crippen molar-refractivity contribution in [2.24, 2.45) is 0 Å². The Hall–Kier alpha value is -0.900. The molecule has 19 heavy (non-hydrogen) atoms. The van der Waals surface area contributed by atoms with Crippen LogP contribution < -0.4 is 0 Å². The summed E-state index contributed by atoms with van der Waals surface area (Å²) in [6.45, 7) is 3.80. The zero-order chi connectivity index (χ0) is 14.2. The molecule has 4 heteroatoms. The summed E-state index contributed by atoms with van der Waals surface area (Å²) in [6, 6.07) is 8.40. The average Bonchev–Trinajstić information content (AvgIpc) is 2.36. The molecule has 1 atom stereocenters. The maximum atomic E-state index is 13.9. The van der Waals surface area contributed by atoms with E-state index in [-0.39, 0.29) is 10.6 Å². The molecule has 0 fully saturated rings. The Labute approximate surface area is 125 Å². The largest absolute Gasteiger partial charge is 0.384 e. The normalized spacial score (nSPS) is 12.5. The zero-order valence-electron chi connectivity index (χ0n) is 10.5. The van der Waals surface area contributed by atoms with Crippen LogP contribution in [-0.4, -0.2) is 5.11 Å². The molecule has 0 aromatic heterocycles. The molecule has 1 N–H and O–H groups in total. The van der Waals surface area contributed by atoms with Gasteiger partial charge < -0.3 is 5.11 Å². The molecule has 0 saturated heterocycles. The molecular weight excluding hydrogens is 331 g/mol. The standard InChI is InChI=1S/C15H13BrClFO/c1-8-7-12(16)9(2)6-11(8)15(19)10-4-3-5-13(17)14(10)18/h3-7,15,19H,1-2H3. The number of halogens is 3. The van der Waals surface area contributed by atoms with Gasteiger partial charge in [-0.1, -0.05) is 45.7 Å². The molecule has 2 aromatic carbocycles. The van der Waals surface area contributed by atoms with E-state index in [0.29, 0.717) is 5.56 Å². The van der Waals surface area contributed by atoms with E-state index in [4.69, 9.17) is 11.6 Å². The molecule has 0 amide bonds. The number of aliphatic hydroxyl groups excluding tert-OH is 1. The monoisotopic (exact) mass is 342 g/mol. The van der Waals surface area contributed by atoms with E-state index in [0.717, 1.165) is 15.6 Å². The predicted octanol–water partition coefficient (Wildman–Crippen LogP) is 4.94. The average molecular weight is 344 g/mol. The van der Waals surface area contributed by atoms with Crippen molar-refractivity contribution >= 4 is 27.5 Å². The molecular formula is C15H13BrClFO. The second-order valence-corrected chi connectivity index (χ2v) is 5.77. The summed E-state index contributed by atoms with van der Waals surface area (Å²) in [5, 5.41) is 10.4. The van der Waals surface area contributed by atoms with Gasteiger partial charge in [-0.05, 0) is 42.7 Å². The van der Waals surface area contributed by atoms with Gasteiger partial charge in [0.2, 0.25) is 0 Å². The van der Waals surface area contributed by atoms with Crippen LogP contribution in [-0.2, 0) is 0 Å². The van der Waals surface area contributed by atoms with E-state index < -0.39 is 11.9 Å². The van der Waals surface area contributed by atoms with Gasteiger partial charge in [0.15, 0.2) is 0 Å². The molecule has 2 aromatic rings. The molecule has 2 rings (SSSR count). The molecule has 0 aliphatic rings. The Balaban J connectivity index is 2.53. The fraction of sp³-hybridized carbons (Fsp3) is 0.200. The van der Waals surface area contributed by atoms with Crippen molar-refractivity contribution < 1.29 is 9.50 Å². The van der Waals surface area contributed by atoms with Gasteiger partial charge in [0.1, 0.15) is 11.9 Å². The summed E-state index contributed by atoms with van der Waals surface area (Å²) >= 11 is 9.18. The van der Waals surface area contributed by atoms with Gasteiger partial charge in [-0.15, -0.1) is 0 Å². The van der Waals surface area contributed by atoms with Crippen molar-refractivity contribution in [1.82, 2.24) is 0 Å². The number of benzene rings is 2. The van der Waals surface area contributed by atoms with E-state index >= 15 is 0 Å². The summed E-state index contributed by atoms with van der Waals surface area (Å²) in [6.07, 6.45) is -1.02. The van der Waals surface area contributed by atoms with Crippen molar-refractivity contribution in [3.63, 3.8) is 0 Å². The van der Waals surface area contributed by atoms with E-state index in [1.54, 1.807) is 12.1 Å². The van der Waals surface area contributed by atoms with Gasteiger partial charge in [-0.2, -0.15) is 0 Å². The summed E-state index contributed by atoms with van der Waals surface area (Å²) in [4.78, 5) is 0. The first kappa shape index (κ1) is 14.5. The first-order valence-corrected chi connectivity index (χ1v) is 6.97. The molecule has 0 aliphatic carbocycles. The van der Waals surface area contributed by atoms with Crippen LogP contribution in [0.5, 0.6) is 0 Å². The molecule has 0 spiro atoms. The lowest BCUT2D eigenvalue weighted by Crippen LogP contribution is -2.05. The van der Waals surface area contributed by atoms with E-state index in [1.165, 1.54) is 6.07 Å². The Bertz CT molecular complexity index is 628. The lowest BCUT2D eigenvalue weighted by Gasteiger charge is -2.17. The third kappa shape index (κ3) is 2.83. The highest BCUT2D eigenvalue weighted by Crippen LogP contribution is 2.32. The number of hydrogen-bond donors (Lipinski definition) is 1. The third-order valence-electron chi connectivity index (χ3n) is 3.12. The predicted molar refractivity (Wildman–Crippen MR) is 79.1 cm³/mol. The van der Waals surface area contributed by atoms with Gasteiger partial charge in [-0.25, -0.2) is 4.39 Å². The number of aryl methyl sites for hydroxylation is 2. The highest BCUT2D eigenvalue weighted by molar-refractivity contribution is 9.10. The third-order valence-corrected chi connectivity index (χ3v) is 4.26. The van der Waals surface area contributed by atoms with E-state index in [1.807, 2.05) is 26.0 Å². The minimum Gasteiger partial charge on any atom is -0.384 e.